The smallest absolute Gasteiger partial charge is 0.251 e. The van der Waals surface area contributed by atoms with Gasteiger partial charge in [0.05, 0.1) is 11.1 Å². The van der Waals surface area contributed by atoms with E-state index in [0.29, 0.717) is 13.1 Å². The van der Waals surface area contributed by atoms with Crippen molar-refractivity contribution in [2.75, 3.05) is 13.1 Å². The molecule has 2 aromatic rings. The van der Waals surface area contributed by atoms with Gasteiger partial charge >= 0.3 is 0 Å². The lowest BCUT2D eigenvalue weighted by Crippen LogP contribution is -2.36. The molecule has 2 aromatic carbocycles. The Labute approximate surface area is 171 Å². The summed E-state index contributed by atoms with van der Waals surface area (Å²) in [6.07, 6.45) is 3.43. The molecule has 1 N–H and O–H groups in total. The van der Waals surface area contributed by atoms with Crippen LogP contribution in [0.15, 0.2) is 53.4 Å². The molecule has 0 bridgehead atoms. The summed E-state index contributed by atoms with van der Waals surface area (Å²) in [5.41, 5.74) is 1.29. The third-order valence-corrected chi connectivity index (χ3v) is 7.42. The van der Waals surface area contributed by atoms with Gasteiger partial charge in [0.15, 0.2) is 0 Å². The first-order chi connectivity index (χ1) is 13.4. The molecule has 0 radical (unpaired) electrons. The van der Waals surface area contributed by atoms with Crippen LogP contribution in [0.2, 0.25) is 5.02 Å². The number of benzene rings is 2. The van der Waals surface area contributed by atoms with Crippen LogP contribution in [0.5, 0.6) is 0 Å². The molecule has 0 aliphatic carbocycles. The molecule has 1 fully saturated rings. The lowest BCUT2D eigenvalue weighted by molar-refractivity contribution is 0.0935. The number of rotatable bonds is 6. The Morgan fingerprint density at radius 1 is 1.11 bits per heavy atom. The molecule has 1 atom stereocenters. The van der Waals surface area contributed by atoms with Crippen LogP contribution in [0.3, 0.4) is 0 Å². The largest absolute Gasteiger partial charge is 0.345 e. The van der Waals surface area contributed by atoms with Crippen molar-refractivity contribution in [3.05, 3.63) is 64.7 Å². The number of halogens is 1. The fourth-order valence-corrected chi connectivity index (χ4v) is 5.45. The molecule has 1 saturated heterocycles. The van der Waals surface area contributed by atoms with E-state index in [9.17, 15) is 13.2 Å². The van der Waals surface area contributed by atoms with Gasteiger partial charge in [-0.05, 0) is 43.0 Å². The van der Waals surface area contributed by atoms with Gasteiger partial charge in [-0.2, -0.15) is 4.31 Å². The number of hydrogen-bond donors (Lipinski definition) is 1. The van der Waals surface area contributed by atoms with Gasteiger partial charge in [0.2, 0.25) is 10.0 Å². The van der Waals surface area contributed by atoms with Gasteiger partial charge in [-0.25, -0.2) is 8.42 Å². The zero-order valence-corrected chi connectivity index (χ0v) is 17.5. The maximum Gasteiger partial charge on any atom is 0.251 e. The molecule has 0 saturated carbocycles. The van der Waals surface area contributed by atoms with E-state index in [2.05, 4.69) is 5.32 Å². The van der Waals surface area contributed by atoms with Crippen LogP contribution < -0.4 is 5.32 Å². The van der Waals surface area contributed by atoms with Crippen LogP contribution >= 0.6 is 11.6 Å². The van der Waals surface area contributed by atoms with Crippen LogP contribution in [0.1, 0.15) is 54.6 Å². The van der Waals surface area contributed by atoms with Gasteiger partial charge in [-0.1, -0.05) is 55.3 Å². The normalized spacial score (nSPS) is 16.5. The van der Waals surface area contributed by atoms with E-state index >= 15 is 0 Å². The maximum absolute atomic E-state index is 13.0. The molecule has 7 heteroatoms. The Balaban J connectivity index is 1.85. The van der Waals surface area contributed by atoms with Crippen molar-refractivity contribution in [2.45, 2.75) is 43.5 Å². The SMILES string of the molecule is CC[C@H](NC(=O)c1ccc(Cl)c(S(=O)(=O)N2CCCCC2)c1)c1ccccc1. The number of nitrogens with one attached hydrogen (secondary N) is 1. The zero-order valence-electron chi connectivity index (χ0n) is 15.9. The molecule has 0 aromatic heterocycles. The third-order valence-electron chi connectivity index (χ3n) is 5.04. The number of amides is 1. The van der Waals surface area contributed by atoms with Gasteiger partial charge in [0.25, 0.3) is 5.91 Å². The van der Waals surface area contributed by atoms with E-state index in [4.69, 9.17) is 11.6 Å². The lowest BCUT2D eigenvalue weighted by atomic mass is 10.0. The van der Waals surface area contributed by atoms with Crippen molar-refractivity contribution >= 4 is 27.5 Å². The highest BCUT2D eigenvalue weighted by atomic mass is 35.5. The molecule has 1 amide bonds. The molecule has 5 nitrogen and oxygen atoms in total. The number of sulfonamides is 1. The standard InChI is InChI=1S/C21H25ClN2O3S/c1-2-19(16-9-5-3-6-10-16)23-21(25)17-11-12-18(22)20(15-17)28(26,27)24-13-7-4-8-14-24/h3,5-6,9-12,15,19H,2,4,7-8,13-14H2,1H3,(H,23,25)/t19-/m0/s1. The van der Waals surface area contributed by atoms with Crippen molar-refractivity contribution in [1.29, 1.82) is 0 Å². The number of carbonyl (C=O) groups excluding carboxylic acids is 1. The van der Waals surface area contributed by atoms with E-state index in [-0.39, 0.29) is 27.4 Å². The predicted molar refractivity (Wildman–Crippen MR) is 111 cm³/mol. The van der Waals surface area contributed by atoms with Gasteiger partial charge in [-0.15, -0.1) is 0 Å². The fourth-order valence-electron chi connectivity index (χ4n) is 3.43. The van der Waals surface area contributed by atoms with Crippen LogP contribution in [0, 0.1) is 0 Å². The van der Waals surface area contributed by atoms with E-state index in [1.807, 2.05) is 37.3 Å². The van der Waals surface area contributed by atoms with Crippen molar-refractivity contribution in [3.63, 3.8) is 0 Å². The highest BCUT2D eigenvalue weighted by Crippen LogP contribution is 2.28. The Morgan fingerprint density at radius 2 is 1.79 bits per heavy atom. The number of piperidine rings is 1. The second-order valence-electron chi connectivity index (χ2n) is 6.95. The Hall–Kier alpha value is -1.89. The van der Waals surface area contributed by atoms with E-state index in [0.717, 1.165) is 31.2 Å². The quantitative estimate of drug-likeness (QED) is 0.753. The highest BCUT2D eigenvalue weighted by Gasteiger charge is 2.29. The first-order valence-corrected chi connectivity index (χ1v) is 11.4. The summed E-state index contributed by atoms with van der Waals surface area (Å²) in [6.45, 7) is 2.97. The average molecular weight is 421 g/mol. The first-order valence-electron chi connectivity index (χ1n) is 9.59. The van der Waals surface area contributed by atoms with Crippen molar-refractivity contribution in [1.82, 2.24) is 9.62 Å². The molecule has 0 spiro atoms. The lowest BCUT2D eigenvalue weighted by Gasteiger charge is -2.26. The second-order valence-corrected chi connectivity index (χ2v) is 9.27. The molecule has 3 rings (SSSR count). The summed E-state index contributed by atoms with van der Waals surface area (Å²) in [5.74, 6) is -0.317. The third kappa shape index (κ3) is 4.57. The monoisotopic (exact) mass is 420 g/mol. The molecule has 1 aliphatic rings. The summed E-state index contributed by atoms with van der Waals surface area (Å²) >= 11 is 6.20. The summed E-state index contributed by atoms with van der Waals surface area (Å²) < 4.78 is 27.4. The van der Waals surface area contributed by atoms with E-state index in [1.54, 1.807) is 6.07 Å². The summed E-state index contributed by atoms with van der Waals surface area (Å²) in [5, 5.41) is 3.12. The molecule has 28 heavy (non-hydrogen) atoms. The van der Waals surface area contributed by atoms with Crippen LogP contribution in [-0.2, 0) is 10.0 Å². The topological polar surface area (TPSA) is 66.5 Å². The second kappa shape index (κ2) is 9.07. The van der Waals surface area contributed by atoms with Crippen molar-refractivity contribution in [2.24, 2.45) is 0 Å². The van der Waals surface area contributed by atoms with Gasteiger partial charge in [-0.3, -0.25) is 4.79 Å². The molecule has 0 unspecified atom stereocenters. The number of nitrogens with zero attached hydrogens (tertiary/aromatic N) is 1. The van der Waals surface area contributed by atoms with Gasteiger partial charge < -0.3 is 5.32 Å². The van der Waals surface area contributed by atoms with Crippen molar-refractivity contribution in [3.8, 4) is 0 Å². The van der Waals surface area contributed by atoms with Crippen molar-refractivity contribution < 1.29 is 13.2 Å². The molecule has 1 aliphatic heterocycles. The maximum atomic E-state index is 13.0. The minimum absolute atomic E-state index is 0.00326. The van der Waals surface area contributed by atoms with Crippen LogP contribution in [0.25, 0.3) is 0 Å². The van der Waals surface area contributed by atoms with E-state index < -0.39 is 10.0 Å². The Bertz CT molecular complexity index is 926. The highest BCUT2D eigenvalue weighted by molar-refractivity contribution is 7.89. The van der Waals surface area contributed by atoms with Crippen LogP contribution in [0.4, 0.5) is 0 Å². The zero-order chi connectivity index (χ0) is 20.1. The van der Waals surface area contributed by atoms with Crippen LogP contribution in [-0.4, -0.2) is 31.7 Å². The molecular weight excluding hydrogens is 396 g/mol. The minimum Gasteiger partial charge on any atom is -0.345 e. The minimum atomic E-state index is -3.71. The predicted octanol–water partition coefficient (Wildman–Crippen LogP) is 4.40. The summed E-state index contributed by atoms with van der Waals surface area (Å²) in [7, 11) is -3.71. The van der Waals surface area contributed by atoms with Gasteiger partial charge in [0, 0.05) is 18.7 Å². The fraction of sp³-hybridized carbons (Fsp3) is 0.381. The number of hydrogen-bond acceptors (Lipinski definition) is 3. The summed E-state index contributed by atoms with van der Waals surface area (Å²) in [6, 6.07) is 14.0. The average Bonchev–Trinajstić information content (AvgIpc) is 2.73. The Morgan fingerprint density at radius 3 is 2.43 bits per heavy atom. The summed E-state index contributed by atoms with van der Waals surface area (Å²) in [4.78, 5) is 12.8. The molecular formula is C21H25ClN2O3S. The van der Waals surface area contributed by atoms with Gasteiger partial charge in [0.1, 0.15) is 4.90 Å². The molecule has 150 valence electrons. The molecule has 1 heterocycles. The van der Waals surface area contributed by atoms with E-state index in [1.165, 1.54) is 16.4 Å². The Kier molecular flexibility index (Phi) is 6.75. The number of carbonyl (C=O) groups is 1. The first kappa shape index (κ1) is 20.8.